The summed E-state index contributed by atoms with van der Waals surface area (Å²) in [4.78, 5) is 4.63. The lowest BCUT2D eigenvalue weighted by molar-refractivity contribution is 0.669. The number of rotatable bonds is 7. The molecule has 0 amide bonds. The Kier molecular flexibility index (Phi) is 7.10. The lowest BCUT2D eigenvalue weighted by atomic mass is 10.1. The van der Waals surface area contributed by atoms with Crippen LogP contribution in [0.5, 0.6) is 0 Å². The third-order valence-electron chi connectivity index (χ3n) is 9.91. The molecule has 52 heavy (non-hydrogen) atoms. The molecule has 0 radical (unpaired) electrons. The summed E-state index contributed by atoms with van der Waals surface area (Å²) in [6, 6.07) is 70.8. The molecule has 10 aromatic rings. The summed E-state index contributed by atoms with van der Waals surface area (Å²) >= 11 is 0. The van der Waals surface area contributed by atoms with Gasteiger partial charge in [-0.1, -0.05) is 97.1 Å². The molecular weight excluding hydrogens is 635 g/mol. The standard InChI is InChI=1S/C48H33N3O/c1-5-16-34(17-6-1)49(35-18-7-2-8-19-35)38-24-15-25-39(30-38)51-45-29-28-40(50(36-20-9-3-10-21-36)37-22-11-4-12-23-37)31-42(45)43-33-48-44(32-46(43)51)41-26-13-14-27-47(41)52-48/h1-33H. The molecule has 4 nitrogen and oxygen atoms in total. The second-order valence-electron chi connectivity index (χ2n) is 13.0. The summed E-state index contributed by atoms with van der Waals surface area (Å²) in [6.07, 6.45) is 0. The Bertz CT molecular complexity index is 2760. The van der Waals surface area contributed by atoms with Crippen molar-refractivity contribution in [2.75, 3.05) is 9.80 Å². The second kappa shape index (κ2) is 12.4. The fourth-order valence-corrected chi connectivity index (χ4v) is 7.62. The Morgan fingerprint density at radius 1 is 0.308 bits per heavy atom. The van der Waals surface area contributed by atoms with Gasteiger partial charge in [0.2, 0.25) is 0 Å². The van der Waals surface area contributed by atoms with Crippen LogP contribution in [-0.2, 0) is 0 Å². The molecule has 0 bridgehead atoms. The molecule has 0 fully saturated rings. The number of para-hydroxylation sites is 5. The summed E-state index contributed by atoms with van der Waals surface area (Å²) in [7, 11) is 0. The molecule has 0 aliphatic rings. The summed E-state index contributed by atoms with van der Waals surface area (Å²) in [5, 5.41) is 4.51. The van der Waals surface area contributed by atoms with Gasteiger partial charge in [-0.3, -0.25) is 0 Å². The molecule has 2 aromatic heterocycles. The van der Waals surface area contributed by atoms with Crippen molar-refractivity contribution < 1.29 is 4.42 Å². The quantitative estimate of drug-likeness (QED) is 0.169. The minimum absolute atomic E-state index is 0.884. The first-order chi connectivity index (χ1) is 25.8. The number of furan rings is 1. The Hall–Kier alpha value is -7.04. The fraction of sp³-hybridized carbons (Fsp3) is 0. The van der Waals surface area contributed by atoms with Crippen LogP contribution in [0.2, 0.25) is 0 Å². The summed E-state index contributed by atoms with van der Waals surface area (Å²) in [6.45, 7) is 0. The van der Waals surface area contributed by atoms with E-state index in [0.29, 0.717) is 0 Å². The van der Waals surface area contributed by atoms with E-state index in [1.165, 1.54) is 0 Å². The first-order valence-corrected chi connectivity index (χ1v) is 17.6. The highest BCUT2D eigenvalue weighted by Crippen LogP contribution is 2.43. The van der Waals surface area contributed by atoms with Gasteiger partial charge in [0.1, 0.15) is 11.2 Å². The highest BCUT2D eigenvalue weighted by molar-refractivity contribution is 6.17. The van der Waals surface area contributed by atoms with Crippen molar-refractivity contribution >= 4 is 77.9 Å². The summed E-state index contributed by atoms with van der Waals surface area (Å²) < 4.78 is 8.87. The largest absolute Gasteiger partial charge is 0.456 e. The smallest absolute Gasteiger partial charge is 0.136 e. The fourth-order valence-electron chi connectivity index (χ4n) is 7.62. The maximum atomic E-state index is 6.46. The Morgan fingerprint density at radius 2 is 0.808 bits per heavy atom. The van der Waals surface area contributed by atoms with Gasteiger partial charge in [0, 0.05) is 61.4 Å². The third kappa shape index (κ3) is 5.00. The van der Waals surface area contributed by atoms with Crippen LogP contribution in [0.1, 0.15) is 0 Å². The van der Waals surface area contributed by atoms with Gasteiger partial charge in [0.25, 0.3) is 0 Å². The molecule has 0 unspecified atom stereocenters. The lowest BCUT2D eigenvalue weighted by Gasteiger charge is -2.26. The molecule has 2 heterocycles. The first kappa shape index (κ1) is 29.8. The van der Waals surface area contributed by atoms with Crippen molar-refractivity contribution in [2.45, 2.75) is 0 Å². The maximum absolute atomic E-state index is 6.46. The van der Waals surface area contributed by atoms with Crippen LogP contribution >= 0.6 is 0 Å². The molecule has 10 rings (SSSR count). The van der Waals surface area contributed by atoms with Gasteiger partial charge in [-0.05, 0) is 103 Å². The van der Waals surface area contributed by atoms with Crippen molar-refractivity contribution in [3.05, 3.63) is 200 Å². The average molecular weight is 668 g/mol. The molecule has 0 spiro atoms. The summed E-state index contributed by atoms with van der Waals surface area (Å²) in [5.74, 6) is 0. The Balaban J connectivity index is 1.23. The third-order valence-corrected chi connectivity index (χ3v) is 9.91. The number of anilines is 6. The molecular formula is C48H33N3O. The average Bonchev–Trinajstić information content (AvgIpc) is 3.73. The minimum Gasteiger partial charge on any atom is -0.456 e. The first-order valence-electron chi connectivity index (χ1n) is 17.6. The van der Waals surface area contributed by atoms with E-state index < -0.39 is 0 Å². The molecule has 0 saturated heterocycles. The van der Waals surface area contributed by atoms with Crippen molar-refractivity contribution in [1.82, 2.24) is 4.57 Å². The number of fused-ring (bicyclic) bond motifs is 6. The number of hydrogen-bond donors (Lipinski definition) is 0. The van der Waals surface area contributed by atoms with E-state index in [-0.39, 0.29) is 0 Å². The molecule has 0 aliphatic carbocycles. The Morgan fingerprint density at radius 3 is 1.40 bits per heavy atom. The molecule has 8 aromatic carbocycles. The highest BCUT2D eigenvalue weighted by atomic mass is 16.3. The van der Waals surface area contributed by atoms with Crippen molar-refractivity contribution in [1.29, 1.82) is 0 Å². The van der Waals surface area contributed by atoms with Crippen LogP contribution in [0.15, 0.2) is 205 Å². The SMILES string of the molecule is c1ccc(N(c2ccccc2)c2cccc(-n3c4ccc(N(c5ccccc5)c5ccccc5)cc4c4cc5oc6ccccc6c5cc43)c2)cc1. The van der Waals surface area contributed by atoms with Crippen LogP contribution < -0.4 is 9.80 Å². The lowest BCUT2D eigenvalue weighted by Crippen LogP contribution is -2.10. The van der Waals surface area contributed by atoms with Gasteiger partial charge in [-0.15, -0.1) is 0 Å². The van der Waals surface area contributed by atoms with Gasteiger partial charge >= 0.3 is 0 Å². The van der Waals surface area contributed by atoms with Crippen molar-refractivity contribution in [2.24, 2.45) is 0 Å². The molecule has 0 atom stereocenters. The van der Waals surface area contributed by atoms with E-state index >= 15 is 0 Å². The summed E-state index contributed by atoms with van der Waals surface area (Å²) in [5.41, 5.74) is 11.7. The monoisotopic (exact) mass is 667 g/mol. The van der Waals surface area contributed by atoms with Gasteiger partial charge in [-0.2, -0.15) is 0 Å². The van der Waals surface area contributed by atoms with Crippen LogP contribution in [-0.4, -0.2) is 4.57 Å². The predicted molar refractivity (Wildman–Crippen MR) is 217 cm³/mol. The van der Waals surface area contributed by atoms with E-state index in [1.54, 1.807) is 0 Å². The normalized spacial score (nSPS) is 11.5. The van der Waals surface area contributed by atoms with E-state index in [9.17, 15) is 0 Å². The second-order valence-corrected chi connectivity index (χ2v) is 13.0. The number of benzene rings is 8. The molecule has 0 aliphatic heterocycles. The predicted octanol–water partition coefficient (Wildman–Crippen LogP) is 13.6. The van der Waals surface area contributed by atoms with Crippen molar-refractivity contribution in [3.63, 3.8) is 0 Å². The van der Waals surface area contributed by atoms with E-state index in [0.717, 1.165) is 83.6 Å². The van der Waals surface area contributed by atoms with Gasteiger partial charge in [0.15, 0.2) is 0 Å². The van der Waals surface area contributed by atoms with Crippen LogP contribution in [0.3, 0.4) is 0 Å². The van der Waals surface area contributed by atoms with Gasteiger partial charge in [0.05, 0.1) is 11.0 Å². The molecule has 4 heteroatoms. The van der Waals surface area contributed by atoms with E-state index in [4.69, 9.17) is 4.42 Å². The number of aromatic nitrogens is 1. The maximum Gasteiger partial charge on any atom is 0.136 e. The van der Waals surface area contributed by atoms with Gasteiger partial charge < -0.3 is 18.8 Å². The van der Waals surface area contributed by atoms with Crippen molar-refractivity contribution in [3.8, 4) is 5.69 Å². The van der Waals surface area contributed by atoms with Crippen LogP contribution in [0.25, 0.3) is 49.4 Å². The minimum atomic E-state index is 0.884. The van der Waals surface area contributed by atoms with Crippen LogP contribution in [0, 0.1) is 0 Å². The zero-order valence-corrected chi connectivity index (χ0v) is 28.3. The zero-order valence-electron chi connectivity index (χ0n) is 28.3. The Labute approximate surface area is 301 Å². The zero-order chi connectivity index (χ0) is 34.4. The molecule has 0 saturated carbocycles. The van der Waals surface area contributed by atoms with Gasteiger partial charge in [-0.25, -0.2) is 0 Å². The number of nitrogens with zero attached hydrogens (tertiary/aromatic N) is 3. The molecule has 0 N–H and O–H groups in total. The van der Waals surface area contributed by atoms with Crippen LogP contribution in [0.4, 0.5) is 34.1 Å². The highest BCUT2D eigenvalue weighted by Gasteiger charge is 2.20. The van der Waals surface area contributed by atoms with E-state index in [2.05, 4.69) is 202 Å². The topological polar surface area (TPSA) is 24.6 Å². The van der Waals surface area contributed by atoms with E-state index in [1.807, 2.05) is 12.1 Å². The number of hydrogen-bond acceptors (Lipinski definition) is 3. The molecule has 246 valence electrons.